The molecular weight excluding hydrogens is 304 g/mol. The van der Waals surface area contributed by atoms with Gasteiger partial charge < -0.3 is 15.2 Å². The summed E-state index contributed by atoms with van der Waals surface area (Å²) in [6.45, 7) is 2.49. The number of carbonyl (C=O) groups excluding carboxylic acids is 1. The number of hydrogen-bond acceptors (Lipinski definition) is 5. The standard InChI is InChI=1S/C15H18N2O6/c1-9-5-11(7-12(6-9)17(21)22)14(18)16-13(15(19)20)10-3-2-4-23-8-10/h5-7,10,13H,2-4,8H2,1H3,(H,16,18)(H,19,20). The highest BCUT2D eigenvalue weighted by molar-refractivity contribution is 5.97. The van der Waals surface area contributed by atoms with Crippen LogP contribution in [0.2, 0.25) is 0 Å². The smallest absolute Gasteiger partial charge is 0.326 e. The molecule has 2 unspecified atom stereocenters. The monoisotopic (exact) mass is 322 g/mol. The Labute approximate surface area is 132 Å². The van der Waals surface area contributed by atoms with E-state index >= 15 is 0 Å². The predicted molar refractivity (Wildman–Crippen MR) is 80.3 cm³/mol. The number of carboxylic acids is 1. The zero-order valence-electron chi connectivity index (χ0n) is 12.7. The fourth-order valence-electron chi connectivity index (χ4n) is 2.63. The molecule has 1 saturated heterocycles. The molecule has 1 aromatic rings. The van der Waals surface area contributed by atoms with E-state index in [9.17, 15) is 24.8 Å². The van der Waals surface area contributed by atoms with Crippen LogP contribution in [0.25, 0.3) is 0 Å². The van der Waals surface area contributed by atoms with Gasteiger partial charge in [0, 0.05) is 30.2 Å². The molecule has 0 bridgehead atoms. The number of nitro groups is 1. The lowest BCUT2D eigenvalue weighted by Crippen LogP contribution is -2.48. The van der Waals surface area contributed by atoms with Gasteiger partial charge in [-0.05, 0) is 31.4 Å². The molecule has 2 N–H and O–H groups in total. The number of amides is 1. The molecule has 1 aliphatic rings. The third kappa shape index (κ3) is 4.26. The Morgan fingerprint density at radius 2 is 2.17 bits per heavy atom. The Balaban J connectivity index is 2.18. The second-order valence-electron chi connectivity index (χ2n) is 5.58. The summed E-state index contributed by atoms with van der Waals surface area (Å²) in [5.74, 6) is -2.10. The van der Waals surface area contributed by atoms with Gasteiger partial charge in [-0.2, -0.15) is 0 Å². The van der Waals surface area contributed by atoms with Crippen molar-refractivity contribution in [3.05, 3.63) is 39.4 Å². The zero-order chi connectivity index (χ0) is 17.0. The first-order valence-electron chi connectivity index (χ1n) is 7.26. The highest BCUT2D eigenvalue weighted by Crippen LogP contribution is 2.20. The van der Waals surface area contributed by atoms with E-state index in [0.717, 1.165) is 12.5 Å². The minimum Gasteiger partial charge on any atom is -0.480 e. The number of rotatable bonds is 5. The minimum absolute atomic E-state index is 0.0691. The second kappa shape index (κ2) is 7.19. The highest BCUT2D eigenvalue weighted by atomic mass is 16.6. The number of carboxylic acid groups (broad SMARTS) is 1. The summed E-state index contributed by atoms with van der Waals surface area (Å²) < 4.78 is 5.27. The predicted octanol–water partition coefficient (Wildman–Crippen LogP) is 1.51. The Hall–Kier alpha value is -2.48. The van der Waals surface area contributed by atoms with Crippen LogP contribution in [0.15, 0.2) is 18.2 Å². The molecule has 23 heavy (non-hydrogen) atoms. The average molecular weight is 322 g/mol. The highest BCUT2D eigenvalue weighted by Gasteiger charge is 2.31. The fraction of sp³-hybridized carbons (Fsp3) is 0.467. The van der Waals surface area contributed by atoms with Crippen LogP contribution in [-0.4, -0.2) is 41.2 Å². The van der Waals surface area contributed by atoms with E-state index in [1.165, 1.54) is 12.1 Å². The van der Waals surface area contributed by atoms with Crippen LogP contribution in [0.3, 0.4) is 0 Å². The minimum atomic E-state index is -1.14. The van der Waals surface area contributed by atoms with Gasteiger partial charge in [-0.15, -0.1) is 0 Å². The second-order valence-corrected chi connectivity index (χ2v) is 5.58. The lowest BCUT2D eigenvalue weighted by atomic mass is 9.93. The van der Waals surface area contributed by atoms with Crippen LogP contribution in [0.1, 0.15) is 28.8 Å². The first kappa shape index (κ1) is 16.9. The van der Waals surface area contributed by atoms with Crippen molar-refractivity contribution in [2.24, 2.45) is 5.92 Å². The number of nitrogens with zero attached hydrogens (tertiary/aromatic N) is 1. The van der Waals surface area contributed by atoms with Crippen molar-refractivity contribution < 1.29 is 24.4 Å². The molecule has 1 amide bonds. The lowest BCUT2D eigenvalue weighted by Gasteiger charge is -2.28. The summed E-state index contributed by atoms with van der Waals surface area (Å²) >= 11 is 0. The number of hydrogen-bond donors (Lipinski definition) is 2. The third-order valence-electron chi connectivity index (χ3n) is 3.75. The van der Waals surface area contributed by atoms with Crippen LogP contribution < -0.4 is 5.32 Å². The first-order valence-corrected chi connectivity index (χ1v) is 7.26. The van der Waals surface area contributed by atoms with E-state index in [0.29, 0.717) is 18.6 Å². The molecule has 124 valence electrons. The number of benzene rings is 1. The van der Waals surface area contributed by atoms with Crippen molar-refractivity contribution in [1.29, 1.82) is 0 Å². The van der Waals surface area contributed by atoms with Gasteiger partial charge in [0.2, 0.25) is 0 Å². The van der Waals surface area contributed by atoms with Gasteiger partial charge in [0.1, 0.15) is 6.04 Å². The van der Waals surface area contributed by atoms with Crippen molar-refractivity contribution in [2.75, 3.05) is 13.2 Å². The van der Waals surface area contributed by atoms with Crippen molar-refractivity contribution in [3.63, 3.8) is 0 Å². The molecule has 0 spiro atoms. The van der Waals surface area contributed by atoms with Gasteiger partial charge in [-0.1, -0.05) is 0 Å². The van der Waals surface area contributed by atoms with Crippen molar-refractivity contribution in [3.8, 4) is 0 Å². The van der Waals surface area contributed by atoms with Gasteiger partial charge in [-0.3, -0.25) is 14.9 Å². The largest absolute Gasteiger partial charge is 0.480 e. The quantitative estimate of drug-likeness (QED) is 0.626. The molecule has 2 rings (SSSR count). The summed E-state index contributed by atoms with van der Waals surface area (Å²) in [4.78, 5) is 34.0. The molecule has 0 radical (unpaired) electrons. The molecule has 0 saturated carbocycles. The van der Waals surface area contributed by atoms with E-state index < -0.39 is 22.8 Å². The van der Waals surface area contributed by atoms with Crippen LogP contribution in [0.5, 0.6) is 0 Å². The summed E-state index contributed by atoms with van der Waals surface area (Å²) in [5.41, 5.74) is 0.417. The normalized spacial score (nSPS) is 18.9. The zero-order valence-corrected chi connectivity index (χ0v) is 12.7. The SMILES string of the molecule is Cc1cc(C(=O)NC(C(=O)O)C2CCCOC2)cc([N+](=O)[O-])c1. The summed E-state index contributed by atoms with van der Waals surface area (Å²) in [7, 11) is 0. The number of aryl methyl sites for hydroxylation is 1. The molecule has 0 aliphatic carbocycles. The molecule has 1 aromatic carbocycles. The number of nitrogens with one attached hydrogen (secondary N) is 1. The fourth-order valence-corrected chi connectivity index (χ4v) is 2.63. The third-order valence-corrected chi connectivity index (χ3v) is 3.75. The van der Waals surface area contributed by atoms with Gasteiger partial charge in [0.25, 0.3) is 11.6 Å². The number of non-ortho nitro benzene ring substituents is 1. The first-order chi connectivity index (χ1) is 10.9. The summed E-state index contributed by atoms with van der Waals surface area (Å²) in [6, 6.07) is 2.89. The van der Waals surface area contributed by atoms with Gasteiger partial charge in [0.15, 0.2) is 0 Å². The van der Waals surface area contributed by atoms with Crippen molar-refractivity contribution in [2.45, 2.75) is 25.8 Å². The van der Waals surface area contributed by atoms with Crippen LogP contribution in [-0.2, 0) is 9.53 Å². The van der Waals surface area contributed by atoms with Crippen LogP contribution in [0, 0.1) is 23.0 Å². The van der Waals surface area contributed by atoms with Gasteiger partial charge in [0.05, 0.1) is 11.5 Å². The van der Waals surface area contributed by atoms with Crippen molar-refractivity contribution in [1.82, 2.24) is 5.32 Å². The Morgan fingerprint density at radius 3 is 2.74 bits per heavy atom. The molecule has 1 heterocycles. The molecule has 1 fully saturated rings. The molecule has 0 aromatic heterocycles. The van der Waals surface area contributed by atoms with Crippen LogP contribution in [0.4, 0.5) is 5.69 Å². The van der Waals surface area contributed by atoms with E-state index in [1.54, 1.807) is 6.92 Å². The van der Waals surface area contributed by atoms with Crippen molar-refractivity contribution >= 4 is 17.6 Å². The average Bonchev–Trinajstić information content (AvgIpc) is 2.52. The van der Waals surface area contributed by atoms with E-state index in [2.05, 4.69) is 5.32 Å². The molecule has 2 atom stereocenters. The van der Waals surface area contributed by atoms with Gasteiger partial charge in [-0.25, -0.2) is 4.79 Å². The van der Waals surface area contributed by atoms with Crippen LogP contribution >= 0.6 is 0 Å². The maximum Gasteiger partial charge on any atom is 0.326 e. The van der Waals surface area contributed by atoms with Gasteiger partial charge >= 0.3 is 5.97 Å². The summed E-state index contributed by atoms with van der Waals surface area (Å²) in [6.07, 6.45) is 1.38. The molecule has 1 aliphatic heterocycles. The number of carbonyl (C=O) groups is 2. The maximum absolute atomic E-state index is 12.3. The van der Waals surface area contributed by atoms with E-state index in [-0.39, 0.29) is 23.8 Å². The summed E-state index contributed by atoms with van der Waals surface area (Å²) in [5, 5.41) is 22.7. The molecule has 8 heteroatoms. The molecular formula is C15H18N2O6. The lowest BCUT2D eigenvalue weighted by molar-refractivity contribution is -0.384. The number of ether oxygens (including phenoxy) is 1. The maximum atomic E-state index is 12.3. The van der Waals surface area contributed by atoms with E-state index in [4.69, 9.17) is 4.74 Å². The number of nitro benzene ring substituents is 1. The van der Waals surface area contributed by atoms with E-state index in [1.807, 2.05) is 0 Å². The Kier molecular flexibility index (Phi) is 5.28. The Morgan fingerprint density at radius 1 is 1.43 bits per heavy atom. The number of aliphatic carboxylic acids is 1. The molecule has 8 nitrogen and oxygen atoms in total. The Bertz CT molecular complexity index is 624. The topological polar surface area (TPSA) is 119 Å².